The van der Waals surface area contributed by atoms with Gasteiger partial charge in [0.05, 0.1) is 10.5 Å². The van der Waals surface area contributed by atoms with Gasteiger partial charge in [0.25, 0.3) is 5.69 Å². The van der Waals surface area contributed by atoms with Crippen LogP contribution in [0.4, 0.5) is 5.69 Å². The van der Waals surface area contributed by atoms with Crippen molar-refractivity contribution in [3.63, 3.8) is 0 Å². The lowest BCUT2D eigenvalue weighted by atomic mass is 10.1. The van der Waals surface area contributed by atoms with Crippen LogP contribution in [-0.4, -0.2) is 22.8 Å². The Morgan fingerprint density at radius 1 is 1.04 bits per heavy atom. The number of hydrogen-bond donors (Lipinski definition) is 0. The van der Waals surface area contributed by atoms with E-state index in [9.17, 15) is 19.7 Å². The molecule has 0 aromatic heterocycles. The fraction of sp³-hybridized carbons (Fsp3) is 0.222. The Morgan fingerprint density at radius 2 is 1.62 bits per heavy atom. The molecule has 0 amide bonds. The number of carbonyl (C=O) groups excluding carboxylic acids is 2. The van der Waals surface area contributed by atoms with E-state index >= 15 is 0 Å². The third-order valence-electron chi connectivity index (χ3n) is 3.62. The highest BCUT2D eigenvalue weighted by Gasteiger charge is 2.21. The summed E-state index contributed by atoms with van der Waals surface area (Å²) in [6.45, 7) is 4.95. The van der Waals surface area contributed by atoms with Gasteiger partial charge in [0.2, 0.25) is 5.78 Å². The number of nitro benzene ring substituents is 1. The molecule has 24 heavy (non-hydrogen) atoms. The van der Waals surface area contributed by atoms with Crippen LogP contribution in [0.25, 0.3) is 0 Å². The van der Waals surface area contributed by atoms with Crippen LogP contribution in [0, 0.1) is 24.0 Å². The molecule has 2 aromatic rings. The Morgan fingerprint density at radius 3 is 2.17 bits per heavy atom. The first-order valence-corrected chi connectivity index (χ1v) is 7.36. The number of nitrogens with zero attached hydrogens (tertiary/aromatic N) is 1. The molecule has 0 spiro atoms. The molecule has 6 nitrogen and oxygen atoms in total. The molecule has 0 radical (unpaired) electrons. The summed E-state index contributed by atoms with van der Waals surface area (Å²) < 4.78 is 5.18. The molecular weight excluding hydrogens is 310 g/mol. The minimum Gasteiger partial charge on any atom is -0.451 e. The van der Waals surface area contributed by atoms with Crippen LogP contribution in [-0.2, 0) is 4.74 Å². The van der Waals surface area contributed by atoms with Crippen molar-refractivity contribution in [3.05, 3.63) is 74.8 Å². The number of ether oxygens (including phenoxy) is 1. The number of nitro groups is 1. The predicted molar refractivity (Wildman–Crippen MR) is 88.2 cm³/mol. The van der Waals surface area contributed by atoms with Crippen LogP contribution < -0.4 is 0 Å². The molecule has 2 rings (SSSR count). The van der Waals surface area contributed by atoms with Crippen molar-refractivity contribution in [2.24, 2.45) is 0 Å². The summed E-state index contributed by atoms with van der Waals surface area (Å²) >= 11 is 0. The third-order valence-corrected chi connectivity index (χ3v) is 3.62. The molecule has 6 heteroatoms. The topological polar surface area (TPSA) is 86.5 Å². The minimum atomic E-state index is -0.948. The summed E-state index contributed by atoms with van der Waals surface area (Å²) in [5.74, 6) is -0.997. The Balaban J connectivity index is 2.11. The van der Waals surface area contributed by atoms with Crippen LogP contribution in [0.5, 0.6) is 0 Å². The lowest BCUT2D eigenvalue weighted by Crippen LogP contribution is -2.24. The number of hydrogen-bond acceptors (Lipinski definition) is 5. The third kappa shape index (κ3) is 3.84. The highest BCUT2D eigenvalue weighted by Crippen LogP contribution is 2.20. The average Bonchev–Trinajstić information content (AvgIpc) is 2.54. The van der Waals surface area contributed by atoms with Gasteiger partial charge in [-0.3, -0.25) is 14.9 Å². The summed E-state index contributed by atoms with van der Waals surface area (Å²) in [7, 11) is 0. The zero-order chi connectivity index (χ0) is 17.9. The Labute approximate surface area is 139 Å². The molecule has 0 aliphatic heterocycles. The summed E-state index contributed by atoms with van der Waals surface area (Å²) in [6.07, 6.45) is -0.948. The quantitative estimate of drug-likeness (QED) is 0.362. The molecule has 2 aromatic carbocycles. The maximum absolute atomic E-state index is 12.3. The van der Waals surface area contributed by atoms with Gasteiger partial charge in [0.1, 0.15) is 0 Å². The number of carbonyl (C=O) groups is 2. The van der Waals surface area contributed by atoms with E-state index in [4.69, 9.17) is 4.74 Å². The zero-order valence-corrected chi connectivity index (χ0v) is 13.6. The van der Waals surface area contributed by atoms with Crippen LogP contribution in [0.3, 0.4) is 0 Å². The summed E-state index contributed by atoms with van der Waals surface area (Å²) in [6, 6.07) is 10.9. The predicted octanol–water partition coefficient (Wildman–Crippen LogP) is 3.64. The summed E-state index contributed by atoms with van der Waals surface area (Å²) in [5.41, 5.74) is 1.93. The van der Waals surface area contributed by atoms with Crippen molar-refractivity contribution in [2.75, 3.05) is 0 Å². The average molecular weight is 327 g/mol. The molecule has 0 fully saturated rings. The van der Waals surface area contributed by atoms with Crippen LogP contribution in [0.1, 0.15) is 38.8 Å². The van der Waals surface area contributed by atoms with Gasteiger partial charge in [-0.2, -0.15) is 0 Å². The molecular formula is C18H17NO5. The SMILES string of the molecule is Cc1ccc(C(=O)[C@H](C)OC(=O)c2ccc([N+](=O)[O-])c(C)c2)cc1. The Bertz CT molecular complexity index is 796. The van der Waals surface area contributed by atoms with Gasteiger partial charge >= 0.3 is 5.97 Å². The molecule has 0 unspecified atom stereocenters. The van der Waals surface area contributed by atoms with Gasteiger partial charge in [0.15, 0.2) is 6.10 Å². The first-order valence-electron chi connectivity index (χ1n) is 7.36. The van der Waals surface area contributed by atoms with Gasteiger partial charge < -0.3 is 4.74 Å². The van der Waals surface area contributed by atoms with Gasteiger partial charge in [-0.05, 0) is 32.9 Å². The molecule has 0 heterocycles. The van der Waals surface area contributed by atoms with E-state index < -0.39 is 17.0 Å². The van der Waals surface area contributed by atoms with Crippen molar-refractivity contribution in [1.29, 1.82) is 0 Å². The van der Waals surface area contributed by atoms with Crippen molar-refractivity contribution < 1.29 is 19.2 Å². The van der Waals surface area contributed by atoms with Crippen LogP contribution >= 0.6 is 0 Å². The monoisotopic (exact) mass is 327 g/mol. The van der Waals surface area contributed by atoms with Crippen molar-refractivity contribution in [3.8, 4) is 0 Å². The van der Waals surface area contributed by atoms with Crippen molar-refractivity contribution in [1.82, 2.24) is 0 Å². The molecule has 0 saturated carbocycles. The molecule has 124 valence electrons. The van der Waals surface area contributed by atoms with Gasteiger partial charge in [-0.1, -0.05) is 29.8 Å². The zero-order valence-electron chi connectivity index (χ0n) is 13.6. The lowest BCUT2D eigenvalue weighted by Gasteiger charge is -2.13. The maximum atomic E-state index is 12.3. The highest BCUT2D eigenvalue weighted by atomic mass is 16.6. The van der Waals surface area contributed by atoms with Crippen molar-refractivity contribution >= 4 is 17.4 Å². The fourth-order valence-electron chi connectivity index (χ4n) is 2.22. The van der Waals surface area contributed by atoms with E-state index in [0.29, 0.717) is 11.1 Å². The number of rotatable bonds is 5. The molecule has 0 aliphatic rings. The molecule has 0 aliphatic carbocycles. The number of ketones is 1. The lowest BCUT2D eigenvalue weighted by molar-refractivity contribution is -0.385. The maximum Gasteiger partial charge on any atom is 0.338 e. The first kappa shape index (κ1) is 17.3. The number of Topliss-reactive ketones (excluding diaryl/α,β-unsaturated/α-hetero) is 1. The summed E-state index contributed by atoms with van der Waals surface area (Å²) in [5, 5.41) is 10.8. The molecule has 0 bridgehead atoms. The molecule has 1 atom stereocenters. The van der Waals surface area contributed by atoms with Gasteiger partial charge in [-0.25, -0.2) is 4.79 Å². The van der Waals surface area contributed by atoms with Crippen molar-refractivity contribution in [2.45, 2.75) is 26.9 Å². The van der Waals surface area contributed by atoms with E-state index in [1.807, 2.05) is 19.1 Å². The number of aryl methyl sites for hydroxylation is 2. The van der Waals surface area contributed by atoms with E-state index in [2.05, 4.69) is 0 Å². The molecule has 0 N–H and O–H groups in total. The Hall–Kier alpha value is -3.02. The summed E-state index contributed by atoms with van der Waals surface area (Å²) in [4.78, 5) is 34.7. The normalized spacial score (nSPS) is 11.6. The standard InChI is InChI=1S/C18H17NO5/c1-11-4-6-14(7-5-11)17(20)13(3)24-18(21)15-8-9-16(19(22)23)12(2)10-15/h4-10,13H,1-3H3/t13-/m0/s1. The van der Waals surface area contributed by atoms with E-state index in [1.54, 1.807) is 12.1 Å². The second kappa shape index (κ2) is 7.04. The second-order valence-corrected chi connectivity index (χ2v) is 5.54. The van der Waals surface area contributed by atoms with E-state index in [1.165, 1.54) is 32.0 Å². The van der Waals surface area contributed by atoms with Gasteiger partial charge in [0, 0.05) is 17.2 Å². The smallest absolute Gasteiger partial charge is 0.338 e. The number of benzene rings is 2. The Kier molecular flexibility index (Phi) is 5.08. The minimum absolute atomic E-state index is 0.0738. The second-order valence-electron chi connectivity index (χ2n) is 5.54. The van der Waals surface area contributed by atoms with E-state index in [-0.39, 0.29) is 17.0 Å². The van der Waals surface area contributed by atoms with E-state index in [0.717, 1.165) is 5.56 Å². The first-order chi connectivity index (χ1) is 11.3. The van der Waals surface area contributed by atoms with Crippen LogP contribution in [0.15, 0.2) is 42.5 Å². The largest absolute Gasteiger partial charge is 0.451 e. The fourth-order valence-corrected chi connectivity index (χ4v) is 2.22. The molecule has 0 saturated heterocycles. The van der Waals surface area contributed by atoms with Gasteiger partial charge in [-0.15, -0.1) is 0 Å². The number of esters is 1. The van der Waals surface area contributed by atoms with Crippen LogP contribution in [0.2, 0.25) is 0 Å². The highest BCUT2D eigenvalue weighted by molar-refractivity contribution is 6.01.